The normalized spacial score (nSPS) is 18.1. The molecule has 2 aromatic carbocycles. The fourth-order valence-electron chi connectivity index (χ4n) is 2.48. The van der Waals surface area contributed by atoms with Crippen molar-refractivity contribution in [3.05, 3.63) is 59.9 Å². The Bertz CT molecular complexity index is 690. The highest BCUT2D eigenvalue weighted by atomic mass is 19.1. The number of hydrogen-bond acceptors (Lipinski definition) is 2. The smallest absolute Gasteiger partial charge is 0.240 e. The maximum absolute atomic E-state index is 12.9. The van der Waals surface area contributed by atoms with E-state index in [4.69, 9.17) is 0 Å². The molecule has 0 saturated heterocycles. The van der Waals surface area contributed by atoms with Gasteiger partial charge in [0.2, 0.25) is 5.91 Å². The summed E-state index contributed by atoms with van der Waals surface area (Å²) in [5.74, 6) is -0.180. The number of amides is 1. The first-order chi connectivity index (χ1) is 10.1. The predicted molar refractivity (Wildman–Crippen MR) is 80.3 cm³/mol. The monoisotopic (exact) mass is 282 g/mol. The molecular weight excluding hydrogens is 267 g/mol. The number of benzene rings is 2. The van der Waals surface area contributed by atoms with E-state index in [1.165, 1.54) is 12.1 Å². The van der Waals surface area contributed by atoms with Gasteiger partial charge in [0.1, 0.15) is 5.82 Å². The predicted octanol–water partition coefficient (Wildman–Crippen LogP) is 3.35. The van der Waals surface area contributed by atoms with E-state index in [1.54, 1.807) is 12.1 Å². The van der Waals surface area contributed by atoms with Gasteiger partial charge in [0.25, 0.3) is 0 Å². The molecule has 1 aliphatic rings. The fraction of sp³-hybridized carbons (Fsp3) is 0.176. The molecule has 1 aliphatic heterocycles. The van der Waals surface area contributed by atoms with Crippen LogP contribution < -0.4 is 5.43 Å². The summed E-state index contributed by atoms with van der Waals surface area (Å²) in [5, 5.41) is 4.14. The summed E-state index contributed by atoms with van der Waals surface area (Å²) < 4.78 is 12.9. The SMILES string of the molecule is CC1CC(=O)NN=C1c1ccc(-c2ccc(F)cc2)cc1. The van der Waals surface area contributed by atoms with Crippen LogP contribution in [0.15, 0.2) is 53.6 Å². The Labute approximate surface area is 122 Å². The molecule has 2 aromatic rings. The van der Waals surface area contributed by atoms with Gasteiger partial charge in [0, 0.05) is 12.3 Å². The highest BCUT2D eigenvalue weighted by molar-refractivity contribution is 6.05. The van der Waals surface area contributed by atoms with Crippen LogP contribution in [0.2, 0.25) is 0 Å². The minimum atomic E-state index is -0.239. The second-order valence-corrected chi connectivity index (χ2v) is 5.22. The zero-order valence-electron chi connectivity index (χ0n) is 11.6. The fourth-order valence-corrected chi connectivity index (χ4v) is 2.48. The first-order valence-electron chi connectivity index (χ1n) is 6.86. The van der Waals surface area contributed by atoms with Crippen LogP contribution in [0.4, 0.5) is 4.39 Å². The number of halogens is 1. The van der Waals surface area contributed by atoms with Crippen LogP contribution in [0.1, 0.15) is 18.9 Å². The number of carbonyl (C=O) groups is 1. The molecule has 1 amide bonds. The minimum absolute atomic E-state index is 0.0471. The van der Waals surface area contributed by atoms with Crippen LogP contribution in [0.3, 0.4) is 0 Å². The Morgan fingerprint density at radius 2 is 1.52 bits per heavy atom. The lowest BCUT2D eigenvalue weighted by molar-refractivity contribution is -0.121. The molecule has 0 fully saturated rings. The maximum atomic E-state index is 12.9. The van der Waals surface area contributed by atoms with Crippen molar-refractivity contribution in [3.8, 4) is 11.1 Å². The number of carbonyl (C=O) groups excluding carboxylic acids is 1. The van der Waals surface area contributed by atoms with Gasteiger partial charge >= 0.3 is 0 Å². The van der Waals surface area contributed by atoms with E-state index in [9.17, 15) is 9.18 Å². The summed E-state index contributed by atoms with van der Waals surface area (Å²) in [5.41, 5.74) is 6.39. The largest absolute Gasteiger partial charge is 0.273 e. The Hall–Kier alpha value is -2.49. The van der Waals surface area contributed by atoms with Crippen molar-refractivity contribution < 1.29 is 9.18 Å². The van der Waals surface area contributed by atoms with Crippen LogP contribution >= 0.6 is 0 Å². The third-order valence-electron chi connectivity index (χ3n) is 3.62. The second kappa shape index (κ2) is 5.48. The molecule has 1 atom stereocenters. The van der Waals surface area contributed by atoms with Gasteiger partial charge in [-0.1, -0.05) is 43.3 Å². The van der Waals surface area contributed by atoms with Crippen molar-refractivity contribution in [2.24, 2.45) is 11.0 Å². The lowest BCUT2D eigenvalue weighted by Crippen LogP contribution is -2.31. The van der Waals surface area contributed by atoms with Crippen LogP contribution in [0, 0.1) is 11.7 Å². The van der Waals surface area contributed by atoms with Gasteiger partial charge < -0.3 is 0 Å². The molecule has 4 heteroatoms. The molecule has 0 aromatic heterocycles. The Balaban J connectivity index is 1.87. The number of rotatable bonds is 2. The second-order valence-electron chi connectivity index (χ2n) is 5.22. The van der Waals surface area contributed by atoms with Crippen molar-refractivity contribution in [1.29, 1.82) is 0 Å². The van der Waals surface area contributed by atoms with Gasteiger partial charge in [-0.2, -0.15) is 5.10 Å². The molecule has 1 heterocycles. The zero-order valence-corrected chi connectivity index (χ0v) is 11.6. The summed E-state index contributed by atoms with van der Waals surface area (Å²) in [4.78, 5) is 11.3. The molecule has 0 saturated carbocycles. The zero-order chi connectivity index (χ0) is 14.8. The lowest BCUT2D eigenvalue weighted by Gasteiger charge is -2.19. The van der Waals surface area contributed by atoms with Gasteiger partial charge in [0.05, 0.1) is 5.71 Å². The molecular formula is C17H15FN2O. The highest BCUT2D eigenvalue weighted by Gasteiger charge is 2.21. The van der Waals surface area contributed by atoms with Crippen LogP contribution in [0.5, 0.6) is 0 Å². The van der Waals surface area contributed by atoms with E-state index in [-0.39, 0.29) is 17.6 Å². The van der Waals surface area contributed by atoms with E-state index in [0.29, 0.717) is 6.42 Å². The molecule has 0 bridgehead atoms. The summed E-state index contributed by atoms with van der Waals surface area (Å²) >= 11 is 0. The van der Waals surface area contributed by atoms with E-state index in [1.807, 2.05) is 31.2 Å². The molecule has 1 unspecified atom stereocenters. The number of hydrogen-bond donors (Lipinski definition) is 1. The molecule has 3 rings (SSSR count). The average Bonchev–Trinajstić information content (AvgIpc) is 2.48. The van der Waals surface area contributed by atoms with Gasteiger partial charge in [0.15, 0.2) is 0 Å². The summed E-state index contributed by atoms with van der Waals surface area (Å²) in [6.45, 7) is 1.99. The van der Waals surface area contributed by atoms with Crippen LogP contribution in [-0.2, 0) is 4.79 Å². The van der Waals surface area contributed by atoms with E-state index >= 15 is 0 Å². The van der Waals surface area contributed by atoms with E-state index in [0.717, 1.165) is 22.4 Å². The number of hydrazone groups is 1. The van der Waals surface area contributed by atoms with Crippen molar-refractivity contribution >= 4 is 11.6 Å². The highest BCUT2D eigenvalue weighted by Crippen LogP contribution is 2.22. The van der Waals surface area contributed by atoms with Crippen LogP contribution in [-0.4, -0.2) is 11.6 Å². The molecule has 0 spiro atoms. The molecule has 106 valence electrons. The van der Waals surface area contributed by atoms with Gasteiger partial charge in [-0.05, 0) is 28.8 Å². The van der Waals surface area contributed by atoms with Crippen molar-refractivity contribution in [2.45, 2.75) is 13.3 Å². The van der Waals surface area contributed by atoms with Crippen LogP contribution in [0.25, 0.3) is 11.1 Å². The van der Waals surface area contributed by atoms with Crippen molar-refractivity contribution in [3.63, 3.8) is 0 Å². The summed E-state index contributed by atoms with van der Waals surface area (Å²) in [6, 6.07) is 14.3. The quantitative estimate of drug-likeness (QED) is 0.901. The standard InChI is InChI=1S/C17H15FN2O/c1-11-10-16(21)19-20-17(11)14-4-2-12(3-5-14)13-6-8-15(18)9-7-13/h2-9,11H,10H2,1H3,(H,19,21). The summed E-state index contributed by atoms with van der Waals surface area (Å²) in [7, 11) is 0. The van der Waals surface area contributed by atoms with Crippen molar-refractivity contribution in [1.82, 2.24) is 5.43 Å². The molecule has 21 heavy (non-hydrogen) atoms. The van der Waals surface area contributed by atoms with E-state index in [2.05, 4.69) is 10.5 Å². The third-order valence-corrected chi connectivity index (χ3v) is 3.62. The van der Waals surface area contributed by atoms with Gasteiger partial charge in [-0.25, -0.2) is 9.82 Å². The molecule has 0 radical (unpaired) electrons. The number of nitrogens with zero attached hydrogens (tertiary/aromatic N) is 1. The van der Waals surface area contributed by atoms with Crippen molar-refractivity contribution in [2.75, 3.05) is 0 Å². The van der Waals surface area contributed by atoms with E-state index < -0.39 is 0 Å². The minimum Gasteiger partial charge on any atom is -0.273 e. The first kappa shape index (κ1) is 13.5. The first-order valence-corrected chi connectivity index (χ1v) is 6.86. The summed E-state index contributed by atoms with van der Waals surface area (Å²) in [6.07, 6.45) is 0.457. The number of nitrogens with one attached hydrogen (secondary N) is 1. The molecule has 1 N–H and O–H groups in total. The lowest BCUT2D eigenvalue weighted by atomic mass is 9.93. The Morgan fingerprint density at radius 1 is 1.00 bits per heavy atom. The Morgan fingerprint density at radius 3 is 2.10 bits per heavy atom. The third kappa shape index (κ3) is 2.84. The molecule has 0 aliphatic carbocycles. The van der Waals surface area contributed by atoms with Gasteiger partial charge in [-0.3, -0.25) is 4.79 Å². The topological polar surface area (TPSA) is 41.5 Å². The average molecular weight is 282 g/mol. The van der Waals surface area contributed by atoms with Gasteiger partial charge in [-0.15, -0.1) is 0 Å². The Kier molecular flexibility index (Phi) is 3.52. The molecule has 3 nitrogen and oxygen atoms in total. The maximum Gasteiger partial charge on any atom is 0.240 e.